The normalized spacial score (nSPS) is 21.7. The van der Waals surface area contributed by atoms with Gasteiger partial charge in [-0.2, -0.15) is 0 Å². The van der Waals surface area contributed by atoms with Crippen molar-refractivity contribution in [2.45, 2.75) is 37.6 Å². The van der Waals surface area contributed by atoms with E-state index >= 15 is 0 Å². The smallest absolute Gasteiger partial charge is 0.326 e. The molecule has 0 aromatic heterocycles. The van der Waals surface area contributed by atoms with E-state index in [1.807, 2.05) is 18.2 Å². The maximum atomic E-state index is 12.0. The second kappa shape index (κ2) is 7.94. The maximum absolute atomic E-state index is 12.0. The van der Waals surface area contributed by atoms with Crippen molar-refractivity contribution in [2.75, 3.05) is 13.7 Å². The van der Waals surface area contributed by atoms with Gasteiger partial charge in [0.15, 0.2) is 0 Å². The van der Waals surface area contributed by atoms with Crippen LogP contribution in [0.25, 0.3) is 0 Å². The van der Waals surface area contributed by atoms with Crippen LogP contribution in [0.2, 0.25) is 0 Å². The number of nitrogens with one attached hydrogen (secondary N) is 1. The second-order valence-corrected chi connectivity index (χ2v) is 5.89. The Morgan fingerprint density at radius 3 is 2.59 bits per heavy atom. The highest BCUT2D eigenvalue weighted by molar-refractivity contribution is 5.83. The zero-order chi connectivity index (χ0) is 15.9. The first-order valence-corrected chi connectivity index (χ1v) is 7.66. The Hall–Kier alpha value is -1.88. The lowest BCUT2D eigenvalue weighted by Crippen LogP contribution is -2.42. The third-order valence-electron chi connectivity index (χ3n) is 4.22. The van der Waals surface area contributed by atoms with Crippen LogP contribution in [0.1, 0.15) is 37.2 Å². The molecule has 1 amide bonds. The average Bonchev–Trinajstić information content (AvgIpc) is 2.47. The minimum atomic E-state index is -1.01. The lowest BCUT2D eigenvalue weighted by atomic mass is 9.70. The van der Waals surface area contributed by atoms with Gasteiger partial charge in [-0.15, -0.1) is 0 Å². The van der Waals surface area contributed by atoms with E-state index in [0.717, 1.165) is 12.8 Å². The molecule has 1 aliphatic carbocycles. The molecule has 1 aromatic rings. The number of carboxylic acids is 1. The van der Waals surface area contributed by atoms with Crippen molar-refractivity contribution >= 4 is 11.9 Å². The number of methoxy groups -OCH3 is 1. The molecule has 5 nitrogen and oxygen atoms in total. The molecule has 1 aromatic carbocycles. The Labute approximate surface area is 130 Å². The van der Waals surface area contributed by atoms with Gasteiger partial charge in [0.05, 0.1) is 0 Å². The Morgan fingerprint density at radius 2 is 2.00 bits per heavy atom. The van der Waals surface area contributed by atoms with Crippen LogP contribution >= 0.6 is 0 Å². The van der Waals surface area contributed by atoms with Crippen molar-refractivity contribution < 1.29 is 19.4 Å². The molecule has 0 radical (unpaired) electrons. The number of hydrogen-bond acceptors (Lipinski definition) is 3. The quantitative estimate of drug-likeness (QED) is 0.772. The van der Waals surface area contributed by atoms with Gasteiger partial charge in [0.2, 0.25) is 5.91 Å². The molecular weight excluding hydrogens is 282 g/mol. The van der Waals surface area contributed by atoms with Crippen molar-refractivity contribution in [3.05, 3.63) is 35.9 Å². The summed E-state index contributed by atoms with van der Waals surface area (Å²) in [7, 11) is 1.51. The van der Waals surface area contributed by atoms with E-state index in [1.165, 1.54) is 12.7 Å². The highest BCUT2D eigenvalue weighted by atomic mass is 16.5. The van der Waals surface area contributed by atoms with E-state index in [2.05, 4.69) is 17.4 Å². The number of carbonyl (C=O) groups is 2. The van der Waals surface area contributed by atoms with Crippen LogP contribution in [-0.4, -0.2) is 36.7 Å². The van der Waals surface area contributed by atoms with Crippen molar-refractivity contribution in [1.29, 1.82) is 0 Å². The van der Waals surface area contributed by atoms with E-state index in [0.29, 0.717) is 24.9 Å². The molecule has 1 aliphatic rings. The standard InChI is InChI=1S/C17H23NO4/c1-22-8-7-15(17(20)21)18-16(19)11-12-9-14(10-12)13-5-3-2-4-6-13/h2-6,12,14-15H,7-11H2,1H3,(H,18,19)(H,20,21). The molecule has 22 heavy (non-hydrogen) atoms. The van der Waals surface area contributed by atoms with Gasteiger partial charge in [0.1, 0.15) is 6.04 Å². The molecule has 0 bridgehead atoms. The van der Waals surface area contributed by atoms with Crippen LogP contribution in [0.3, 0.4) is 0 Å². The Kier molecular flexibility index (Phi) is 5.95. The third kappa shape index (κ3) is 4.56. The van der Waals surface area contributed by atoms with Crippen molar-refractivity contribution in [3.63, 3.8) is 0 Å². The summed E-state index contributed by atoms with van der Waals surface area (Å²) in [5.74, 6) is -0.314. The first kappa shape index (κ1) is 16.5. The van der Waals surface area contributed by atoms with E-state index in [-0.39, 0.29) is 12.3 Å². The van der Waals surface area contributed by atoms with E-state index in [9.17, 15) is 9.59 Å². The predicted molar refractivity (Wildman–Crippen MR) is 82.6 cm³/mol. The Balaban J connectivity index is 1.73. The molecule has 2 N–H and O–H groups in total. The number of carboxylic acid groups (broad SMARTS) is 1. The Bertz CT molecular complexity index is 497. The molecular formula is C17H23NO4. The van der Waals surface area contributed by atoms with Crippen LogP contribution < -0.4 is 5.32 Å². The summed E-state index contributed by atoms with van der Waals surface area (Å²) in [6.07, 6.45) is 2.68. The predicted octanol–water partition coefficient (Wildman–Crippen LogP) is 2.18. The van der Waals surface area contributed by atoms with Gasteiger partial charge in [-0.25, -0.2) is 4.79 Å². The van der Waals surface area contributed by atoms with Crippen LogP contribution in [0.15, 0.2) is 30.3 Å². The summed E-state index contributed by atoms with van der Waals surface area (Å²) in [5.41, 5.74) is 1.32. The number of hydrogen-bond donors (Lipinski definition) is 2. The zero-order valence-electron chi connectivity index (χ0n) is 12.8. The number of amides is 1. The fraction of sp³-hybridized carbons (Fsp3) is 0.529. The molecule has 0 saturated heterocycles. The highest BCUT2D eigenvalue weighted by Crippen LogP contribution is 2.43. The third-order valence-corrected chi connectivity index (χ3v) is 4.22. The molecule has 1 saturated carbocycles. The van der Waals surface area contributed by atoms with Crippen LogP contribution in [0, 0.1) is 5.92 Å². The van der Waals surface area contributed by atoms with Gasteiger partial charge >= 0.3 is 5.97 Å². The number of carbonyl (C=O) groups excluding carboxylic acids is 1. The van der Waals surface area contributed by atoms with Crippen molar-refractivity contribution in [2.24, 2.45) is 5.92 Å². The lowest BCUT2D eigenvalue weighted by molar-refractivity contribution is -0.142. The van der Waals surface area contributed by atoms with Gasteiger partial charge < -0.3 is 15.2 Å². The SMILES string of the molecule is COCCC(NC(=O)CC1CC(c2ccccc2)C1)C(=O)O. The van der Waals surface area contributed by atoms with Gasteiger partial charge in [0, 0.05) is 26.6 Å². The summed E-state index contributed by atoms with van der Waals surface area (Å²) < 4.78 is 4.87. The first-order chi connectivity index (χ1) is 10.6. The highest BCUT2D eigenvalue weighted by Gasteiger charge is 2.32. The van der Waals surface area contributed by atoms with E-state index in [1.54, 1.807) is 0 Å². The molecule has 1 atom stereocenters. The lowest BCUT2D eigenvalue weighted by Gasteiger charge is -2.35. The van der Waals surface area contributed by atoms with Gasteiger partial charge in [-0.05, 0) is 30.2 Å². The fourth-order valence-electron chi connectivity index (χ4n) is 2.91. The van der Waals surface area contributed by atoms with Gasteiger partial charge in [-0.3, -0.25) is 4.79 Å². The van der Waals surface area contributed by atoms with Crippen molar-refractivity contribution in [3.8, 4) is 0 Å². The maximum Gasteiger partial charge on any atom is 0.326 e. The zero-order valence-corrected chi connectivity index (χ0v) is 12.8. The molecule has 0 spiro atoms. The van der Waals surface area contributed by atoms with Crippen LogP contribution in [-0.2, 0) is 14.3 Å². The van der Waals surface area contributed by atoms with E-state index in [4.69, 9.17) is 9.84 Å². The van der Waals surface area contributed by atoms with E-state index < -0.39 is 12.0 Å². The van der Waals surface area contributed by atoms with Crippen LogP contribution in [0.4, 0.5) is 0 Å². The summed E-state index contributed by atoms with van der Waals surface area (Å²) in [6.45, 7) is 0.316. The minimum Gasteiger partial charge on any atom is -0.480 e. The van der Waals surface area contributed by atoms with Gasteiger partial charge in [0.25, 0.3) is 0 Å². The number of aliphatic carboxylic acids is 1. The summed E-state index contributed by atoms with van der Waals surface area (Å²) in [6, 6.07) is 9.43. The molecule has 0 heterocycles. The first-order valence-electron chi connectivity index (χ1n) is 7.66. The largest absolute Gasteiger partial charge is 0.480 e. The number of benzene rings is 1. The topological polar surface area (TPSA) is 75.6 Å². The van der Waals surface area contributed by atoms with Gasteiger partial charge in [-0.1, -0.05) is 30.3 Å². The molecule has 2 rings (SSSR count). The molecule has 0 aliphatic heterocycles. The molecule has 5 heteroatoms. The molecule has 120 valence electrons. The summed E-state index contributed by atoms with van der Waals surface area (Å²) in [4.78, 5) is 23.0. The number of rotatable bonds is 8. The molecule has 1 unspecified atom stereocenters. The fourth-order valence-corrected chi connectivity index (χ4v) is 2.91. The molecule has 1 fully saturated rings. The monoisotopic (exact) mass is 305 g/mol. The minimum absolute atomic E-state index is 0.181. The summed E-state index contributed by atoms with van der Waals surface area (Å²) in [5, 5.41) is 11.7. The number of ether oxygens (including phenoxy) is 1. The Morgan fingerprint density at radius 1 is 1.32 bits per heavy atom. The average molecular weight is 305 g/mol. The summed E-state index contributed by atoms with van der Waals surface area (Å²) >= 11 is 0. The second-order valence-electron chi connectivity index (χ2n) is 5.89. The van der Waals surface area contributed by atoms with Crippen molar-refractivity contribution in [1.82, 2.24) is 5.32 Å². The van der Waals surface area contributed by atoms with Crippen LogP contribution in [0.5, 0.6) is 0 Å².